The van der Waals surface area contributed by atoms with Gasteiger partial charge >= 0.3 is 0 Å². The van der Waals surface area contributed by atoms with Crippen molar-refractivity contribution in [3.8, 4) is 5.69 Å². The van der Waals surface area contributed by atoms with Crippen LogP contribution in [0.4, 0.5) is 10.1 Å². The number of aryl methyl sites for hydroxylation is 1. The van der Waals surface area contributed by atoms with Gasteiger partial charge in [0, 0.05) is 37.6 Å². The van der Waals surface area contributed by atoms with Crippen molar-refractivity contribution < 1.29 is 9.18 Å². The maximum absolute atomic E-state index is 14.3. The molecule has 0 bridgehead atoms. The van der Waals surface area contributed by atoms with Gasteiger partial charge in [-0.1, -0.05) is 24.3 Å². The summed E-state index contributed by atoms with van der Waals surface area (Å²) >= 11 is 0. The second-order valence-corrected chi connectivity index (χ2v) is 7.91. The molecule has 1 aliphatic carbocycles. The SMILES string of the molecule is CN(C)c1ccc(CCCNC(=O)c2nn(-c3ccccc3F)c3c2CCC3)cc1. The number of rotatable bonds is 7. The Hall–Kier alpha value is -3.15. The zero-order valence-corrected chi connectivity index (χ0v) is 17.5. The highest BCUT2D eigenvalue weighted by Crippen LogP contribution is 2.28. The summed E-state index contributed by atoms with van der Waals surface area (Å²) in [7, 11) is 4.05. The molecule has 5 nitrogen and oxygen atoms in total. The fourth-order valence-corrected chi connectivity index (χ4v) is 3.98. The average Bonchev–Trinajstić information content (AvgIpc) is 3.35. The Bertz CT molecular complexity index is 1040. The molecule has 0 saturated carbocycles. The molecule has 1 aromatic heterocycles. The van der Waals surface area contributed by atoms with E-state index in [0.717, 1.165) is 43.4 Å². The van der Waals surface area contributed by atoms with Gasteiger partial charge in [-0.05, 0) is 61.9 Å². The Morgan fingerprint density at radius 3 is 2.63 bits per heavy atom. The van der Waals surface area contributed by atoms with E-state index in [1.54, 1.807) is 22.9 Å². The molecule has 30 heavy (non-hydrogen) atoms. The summed E-state index contributed by atoms with van der Waals surface area (Å²) in [4.78, 5) is 14.9. The summed E-state index contributed by atoms with van der Waals surface area (Å²) in [6.45, 7) is 0.579. The van der Waals surface area contributed by atoms with Crippen LogP contribution in [0.1, 0.15) is 40.2 Å². The van der Waals surface area contributed by atoms with Gasteiger partial charge in [0.1, 0.15) is 11.5 Å². The van der Waals surface area contributed by atoms with Crippen molar-refractivity contribution in [2.75, 3.05) is 25.5 Å². The molecule has 0 atom stereocenters. The van der Waals surface area contributed by atoms with Crippen molar-refractivity contribution in [1.82, 2.24) is 15.1 Å². The number of aromatic nitrogens is 2. The maximum atomic E-state index is 14.3. The average molecular weight is 407 g/mol. The molecule has 2 aromatic carbocycles. The molecule has 3 aromatic rings. The lowest BCUT2D eigenvalue weighted by Gasteiger charge is -2.12. The van der Waals surface area contributed by atoms with Gasteiger partial charge in [-0.15, -0.1) is 0 Å². The van der Waals surface area contributed by atoms with E-state index in [1.165, 1.54) is 17.3 Å². The number of amides is 1. The molecule has 1 heterocycles. The summed E-state index contributed by atoms with van der Waals surface area (Å²) < 4.78 is 15.9. The molecule has 4 rings (SSSR count). The van der Waals surface area contributed by atoms with Crippen molar-refractivity contribution in [3.05, 3.63) is 76.9 Å². The zero-order valence-electron chi connectivity index (χ0n) is 17.5. The van der Waals surface area contributed by atoms with E-state index < -0.39 is 0 Å². The Morgan fingerprint density at radius 1 is 1.13 bits per heavy atom. The fraction of sp³-hybridized carbons (Fsp3) is 0.333. The maximum Gasteiger partial charge on any atom is 0.272 e. The number of nitrogens with zero attached hydrogens (tertiary/aromatic N) is 3. The summed E-state index contributed by atoms with van der Waals surface area (Å²) in [6, 6.07) is 15.0. The molecule has 0 radical (unpaired) electrons. The van der Waals surface area contributed by atoms with Crippen LogP contribution in [-0.4, -0.2) is 36.3 Å². The van der Waals surface area contributed by atoms with Crippen molar-refractivity contribution in [1.29, 1.82) is 0 Å². The van der Waals surface area contributed by atoms with E-state index >= 15 is 0 Å². The number of halogens is 1. The minimum atomic E-state index is -0.332. The van der Waals surface area contributed by atoms with E-state index in [0.29, 0.717) is 17.9 Å². The third-order valence-corrected chi connectivity index (χ3v) is 5.61. The topological polar surface area (TPSA) is 50.2 Å². The quantitative estimate of drug-likeness (QED) is 0.605. The van der Waals surface area contributed by atoms with Crippen LogP contribution < -0.4 is 10.2 Å². The zero-order chi connectivity index (χ0) is 21.1. The Labute approximate surface area is 176 Å². The lowest BCUT2D eigenvalue weighted by molar-refractivity contribution is 0.0947. The minimum absolute atomic E-state index is 0.175. The van der Waals surface area contributed by atoms with Gasteiger partial charge in [-0.3, -0.25) is 4.79 Å². The Morgan fingerprint density at radius 2 is 1.90 bits per heavy atom. The molecule has 0 aliphatic heterocycles. The number of carbonyl (C=O) groups excluding carboxylic acids is 1. The van der Waals surface area contributed by atoms with Crippen LogP contribution in [0.25, 0.3) is 5.69 Å². The van der Waals surface area contributed by atoms with E-state index in [9.17, 15) is 9.18 Å². The first-order valence-corrected chi connectivity index (χ1v) is 10.4. The number of hydrogen-bond donors (Lipinski definition) is 1. The molecule has 156 valence electrons. The van der Waals surface area contributed by atoms with Gasteiger partial charge in [0.25, 0.3) is 5.91 Å². The van der Waals surface area contributed by atoms with Crippen LogP contribution in [0.2, 0.25) is 0 Å². The molecular formula is C24H27FN4O. The smallest absolute Gasteiger partial charge is 0.272 e. The van der Waals surface area contributed by atoms with E-state index in [2.05, 4.69) is 39.6 Å². The fourth-order valence-electron chi connectivity index (χ4n) is 3.98. The lowest BCUT2D eigenvalue weighted by Crippen LogP contribution is -2.26. The predicted octanol–water partition coefficient (Wildman–Crippen LogP) is 3.93. The van der Waals surface area contributed by atoms with E-state index in [1.807, 2.05) is 14.1 Å². The van der Waals surface area contributed by atoms with Crippen molar-refractivity contribution in [2.45, 2.75) is 32.1 Å². The summed E-state index contributed by atoms with van der Waals surface area (Å²) in [5.74, 6) is -0.506. The van der Waals surface area contributed by atoms with Gasteiger partial charge in [0.2, 0.25) is 0 Å². The highest BCUT2D eigenvalue weighted by atomic mass is 19.1. The van der Waals surface area contributed by atoms with Crippen molar-refractivity contribution in [2.24, 2.45) is 0 Å². The van der Waals surface area contributed by atoms with Crippen LogP contribution in [0.3, 0.4) is 0 Å². The van der Waals surface area contributed by atoms with Gasteiger partial charge in [0.15, 0.2) is 5.69 Å². The molecular weight excluding hydrogens is 379 g/mol. The number of nitrogens with one attached hydrogen (secondary N) is 1. The molecule has 6 heteroatoms. The summed E-state index contributed by atoms with van der Waals surface area (Å²) in [5.41, 5.74) is 5.16. The van der Waals surface area contributed by atoms with Crippen LogP contribution >= 0.6 is 0 Å². The first-order chi connectivity index (χ1) is 14.5. The largest absolute Gasteiger partial charge is 0.378 e. The van der Waals surface area contributed by atoms with Gasteiger partial charge in [0.05, 0.1) is 0 Å². The molecule has 0 spiro atoms. The first-order valence-electron chi connectivity index (χ1n) is 10.4. The van der Waals surface area contributed by atoms with Gasteiger partial charge in [-0.2, -0.15) is 5.10 Å². The summed E-state index contributed by atoms with van der Waals surface area (Å²) in [5, 5.41) is 7.48. The number of anilines is 1. The molecule has 1 N–H and O–H groups in total. The molecule has 0 saturated heterocycles. The van der Waals surface area contributed by atoms with Crippen LogP contribution in [0, 0.1) is 5.82 Å². The predicted molar refractivity (Wildman–Crippen MR) is 117 cm³/mol. The second-order valence-electron chi connectivity index (χ2n) is 7.91. The van der Waals surface area contributed by atoms with Crippen molar-refractivity contribution >= 4 is 11.6 Å². The highest BCUT2D eigenvalue weighted by molar-refractivity contribution is 5.94. The first kappa shape index (κ1) is 20.1. The number of benzene rings is 2. The number of para-hydroxylation sites is 1. The van der Waals surface area contributed by atoms with Crippen LogP contribution in [0.15, 0.2) is 48.5 Å². The van der Waals surface area contributed by atoms with E-state index in [4.69, 9.17) is 0 Å². The molecule has 0 unspecified atom stereocenters. The second kappa shape index (κ2) is 8.69. The van der Waals surface area contributed by atoms with Gasteiger partial charge < -0.3 is 10.2 Å². The van der Waals surface area contributed by atoms with Crippen LogP contribution in [-0.2, 0) is 19.3 Å². The Kier molecular flexibility index (Phi) is 5.84. The standard InChI is InChI=1S/C24H27FN4O/c1-28(2)18-14-12-17(13-15-18)7-6-16-26-24(30)23-19-8-5-11-21(19)29(27-23)22-10-4-3-9-20(22)25/h3-4,9-10,12-15H,5-8,11,16H2,1-2H3,(H,26,30). The molecule has 1 amide bonds. The van der Waals surface area contributed by atoms with E-state index in [-0.39, 0.29) is 11.7 Å². The minimum Gasteiger partial charge on any atom is -0.378 e. The summed E-state index contributed by atoms with van der Waals surface area (Å²) in [6.07, 6.45) is 4.33. The normalized spacial score (nSPS) is 12.6. The molecule has 0 fully saturated rings. The highest BCUT2D eigenvalue weighted by Gasteiger charge is 2.27. The number of hydrogen-bond acceptors (Lipinski definition) is 3. The monoisotopic (exact) mass is 406 g/mol. The van der Waals surface area contributed by atoms with Gasteiger partial charge in [-0.25, -0.2) is 9.07 Å². The lowest BCUT2D eigenvalue weighted by atomic mass is 10.1. The third-order valence-electron chi connectivity index (χ3n) is 5.61. The van der Waals surface area contributed by atoms with Crippen molar-refractivity contribution in [3.63, 3.8) is 0 Å². The Balaban J connectivity index is 1.39. The molecule has 1 aliphatic rings. The third kappa shape index (κ3) is 4.08. The number of fused-ring (bicyclic) bond motifs is 1. The van der Waals surface area contributed by atoms with Crippen LogP contribution in [0.5, 0.6) is 0 Å². The number of carbonyl (C=O) groups is 1.